The van der Waals surface area contributed by atoms with E-state index in [0.29, 0.717) is 5.56 Å². The van der Waals surface area contributed by atoms with Crippen LogP contribution < -0.4 is 10.6 Å². The summed E-state index contributed by atoms with van der Waals surface area (Å²) in [6.45, 7) is 6.15. The van der Waals surface area contributed by atoms with Crippen molar-refractivity contribution in [1.82, 2.24) is 0 Å². The van der Waals surface area contributed by atoms with Gasteiger partial charge in [-0.1, -0.05) is 13.0 Å². The quantitative estimate of drug-likeness (QED) is 0.870. The van der Waals surface area contributed by atoms with Crippen LogP contribution in [0.2, 0.25) is 0 Å². The lowest BCUT2D eigenvalue weighted by atomic mass is 10.0. The van der Waals surface area contributed by atoms with Gasteiger partial charge in [0.2, 0.25) is 0 Å². The van der Waals surface area contributed by atoms with E-state index in [-0.39, 0.29) is 11.9 Å². The van der Waals surface area contributed by atoms with Gasteiger partial charge in [0.1, 0.15) is 5.82 Å². The highest BCUT2D eigenvalue weighted by Crippen LogP contribution is 2.30. The normalized spacial score (nSPS) is 22.7. The van der Waals surface area contributed by atoms with Gasteiger partial charge in [-0.05, 0) is 44.2 Å². The standard InChI is InChI=1S/C15H23FN2/c1-11-5-4-9-18(10-8-11)14-7-3-6-13(16)15(14)12(2)17/h3,6-7,11-12H,4-5,8-10,17H2,1-2H3. The lowest BCUT2D eigenvalue weighted by molar-refractivity contribution is 0.521. The molecule has 1 fully saturated rings. The Morgan fingerprint density at radius 2 is 2.11 bits per heavy atom. The number of nitrogens with zero attached hydrogens (tertiary/aromatic N) is 1. The van der Waals surface area contributed by atoms with Gasteiger partial charge in [-0.3, -0.25) is 0 Å². The molecule has 1 saturated heterocycles. The fourth-order valence-corrected chi connectivity index (χ4v) is 2.76. The summed E-state index contributed by atoms with van der Waals surface area (Å²) in [5, 5.41) is 0. The first-order valence-corrected chi connectivity index (χ1v) is 6.88. The zero-order chi connectivity index (χ0) is 13.1. The average Bonchev–Trinajstić information content (AvgIpc) is 2.53. The maximum atomic E-state index is 13.9. The zero-order valence-electron chi connectivity index (χ0n) is 11.3. The van der Waals surface area contributed by atoms with Crippen LogP contribution >= 0.6 is 0 Å². The van der Waals surface area contributed by atoms with Gasteiger partial charge >= 0.3 is 0 Å². The van der Waals surface area contributed by atoms with E-state index in [9.17, 15) is 4.39 Å². The first kappa shape index (κ1) is 13.3. The van der Waals surface area contributed by atoms with Crippen molar-refractivity contribution >= 4 is 5.69 Å². The second-order valence-corrected chi connectivity index (χ2v) is 5.48. The molecule has 0 radical (unpaired) electrons. The van der Waals surface area contributed by atoms with Crippen molar-refractivity contribution in [3.05, 3.63) is 29.6 Å². The van der Waals surface area contributed by atoms with E-state index in [2.05, 4.69) is 11.8 Å². The molecule has 18 heavy (non-hydrogen) atoms. The molecule has 2 unspecified atom stereocenters. The number of nitrogens with two attached hydrogens (primary N) is 1. The first-order valence-electron chi connectivity index (χ1n) is 6.88. The van der Waals surface area contributed by atoms with Crippen LogP contribution in [0.25, 0.3) is 0 Å². The largest absolute Gasteiger partial charge is 0.371 e. The van der Waals surface area contributed by atoms with Crippen molar-refractivity contribution in [2.75, 3.05) is 18.0 Å². The summed E-state index contributed by atoms with van der Waals surface area (Å²) in [6.07, 6.45) is 3.62. The lowest BCUT2D eigenvalue weighted by Gasteiger charge is -2.27. The van der Waals surface area contributed by atoms with Crippen LogP contribution in [0.5, 0.6) is 0 Å². The Bertz CT molecular complexity index is 403. The minimum atomic E-state index is -0.262. The van der Waals surface area contributed by atoms with Crippen molar-refractivity contribution in [3.63, 3.8) is 0 Å². The molecule has 0 amide bonds. The Balaban J connectivity index is 2.29. The molecule has 0 aromatic heterocycles. The number of hydrogen-bond donors (Lipinski definition) is 1. The topological polar surface area (TPSA) is 29.3 Å². The van der Waals surface area contributed by atoms with E-state index in [0.717, 1.165) is 24.7 Å². The minimum absolute atomic E-state index is 0.181. The third-order valence-corrected chi connectivity index (χ3v) is 3.84. The third kappa shape index (κ3) is 2.83. The number of rotatable bonds is 2. The molecule has 1 aliphatic heterocycles. The van der Waals surface area contributed by atoms with Crippen LogP contribution in [0.1, 0.15) is 44.7 Å². The Labute approximate surface area is 109 Å². The van der Waals surface area contributed by atoms with Gasteiger partial charge in [-0.2, -0.15) is 0 Å². The van der Waals surface area contributed by atoms with E-state index < -0.39 is 0 Å². The highest BCUT2D eigenvalue weighted by molar-refractivity contribution is 5.55. The zero-order valence-corrected chi connectivity index (χ0v) is 11.3. The van der Waals surface area contributed by atoms with Crippen LogP contribution in [-0.4, -0.2) is 13.1 Å². The predicted molar refractivity (Wildman–Crippen MR) is 74.2 cm³/mol. The molecule has 0 aliphatic carbocycles. The van der Waals surface area contributed by atoms with Crippen LogP contribution in [-0.2, 0) is 0 Å². The molecule has 100 valence electrons. The highest BCUT2D eigenvalue weighted by atomic mass is 19.1. The van der Waals surface area contributed by atoms with Gasteiger partial charge in [-0.25, -0.2) is 4.39 Å². The Morgan fingerprint density at radius 1 is 1.33 bits per heavy atom. The molecule has 1 aliphatic rings. The summed E-state index contributed by atoms with van der Waals surface area (Å²) in [5.41, 5.74) is 7.57. The first-order chi connectivity index (χ1) is 8.59. The molecule has 0 bridgehead atoms. The van der Waals surface area contributed by atoms with Crippen LogP contribution in [0, 0.1) is 11.7 Å². The third-order valence-electron chi connectivity index (χ3n) is 3.84. The smallest absolute Gasteiger partial charge is 0.130 e. The molecule has 0 saturated carbocycles. The lowest BCUT2D eigenvalue weighted by Crippen LogP contribution is -2.27. The molecule has 2 atom stereocenters. The van der Waals surface area contributed by atoms with Gasteiger partial charge < -0.3 is 10.6 Å². The van der Waals surface area contributed by atoms with Crippen LogP contribution in [0.15, 0.2) is 18.2 Å². The summed E-state index contributed by atoms with van der Waals surface area (Å²) < 4.78 is 13.9. The van der Waals surface area contributed by atoms with Gasteiger partial charge in [0.05, 0.1) is 0 Å². The molecule has 1 heterocycles. The van der Waals surface area contributed by atoms with Crippen LogP contribution in [0.3, 0.4) is 0 Å². The number of anilines is 1. The number of hydrogen-bond acceptors (Lipinski definition) is 2. The second kappa shape index (κ2) is 5.70. The maximum absolute atomic E-state index is 13.9. The van der Waals surface area contributed by atoms with E-state index in [1.54, 1.807) is 6.07 Å². The summed E-state index contributed by atoms with van der Waals surface area (Å²) >= 11 is 0. The minimum Gasteiger partial charge on any atom is -0.371 e. The average molecular weight is 250 g/mol. The van der Waals surface area contributed by atoms with Gasteiger partial charge in [-0.15, -0.1) is 0 Å². The van der Waals surface area contributed by atoms with Crippen molar-refractivity contribution in [2.24, 2.45) is 11.7 Å². The van der Waals surface area contributed by atoms with Gasteiger partial charge in [0.15, 0.2) is 0 Å². The molecule has 2 N–H and O–H groups in total. The summed E-state index contributed by atoms with van der Waals surface area (Å²) in [7, 11) is 0. The Kier molecular flexibility index (Phi) is 4.23. The molecule has 2 rings (SSSR count). The van der Waals surface area contributed by atoms with E-state index in [4.69, 9.17) is 5.73 Å². The second-order valence-electron chi connectivity index (χ2n) is 5.48. The monoisotopic (exact) mass is 250 g/mol. The molecule has 1 aromatic rings. The van der Waals surface area contributed by atoms with Gasteiger partial charge in [0, 0.05) is 30.4 Å². The fraction of sp³-hybridized carbons (Fsp3) is 0.600. The Hall–Kier alpha value is -1.09. The predicted octanol–water partition coefficient (Wildman–Crippen LogP) is 3.47. The SMILES string of the molecule is CC1CCCN(c2cccc(F)c2C(C)N)CC1. The molecule has 3 heteroatoms. The van der Waals surface area contributed by atoms with E-state index >= 15 is 0 Å². The molecule has 2 nitrogen and oxygen atoms in total. The van der Waals surface area contributed by atoms with Crippen molar-refractivity contribution < 1.29 is 4.39 Å². The van der Waals surface area contributed by atoms with Crippen molar-refractivity contribution in [3.8, 4) is 0 Å². The molecular weight excluding hydrogens is 227 g/mol. The Morgan fingerprint density at radius 3 is 2.83 bits per heavy atom. The van der Waals surface area contributed by atoms with Gasteiger partial charge in [0.25, 0.3) is 0 Å². The maximum Gasteiger partial charge on any atom is 0.130 e. The van der Waals surface area contributed by atoms with Crippen molar-refractivity contribution in [1.29, 1.82) is 0 Å². The van der Waals surface area contributed by atoms with Crippen molar-refractivity contribution in [2.45, 2.75) is 39.2 Å². The summed E-state index contributed by atoms with van der Waals surface area (Å²) in [5.74, 6) is 0.585. The number of halogens is 1. The summed E-state index contributed by atoms with van der Waals surface area (Å²) in [4.78, 5) is 2.30. The molecule has 1 aromatic carbocycles. The van der Waals surface area contributed by atoms with E-state index in [1.165, 1.54) is 25.3 Å². The van der Waals surface area contributed by atoms with Crippen LogP contribution in [0.4, 0.5) is 10.1 Å². The molecule has 0 spiro atoms. The van der Waals surface area contributed by atoms with E-state index in [1.807, 2.05) is 13.0 Å². The fourth-order valence-electron chi connectivity index (χ4n) is 2.76. The highest BCUT2D eigenvalue weighted by Gasteiger charge is 2.20. The summed E-state index contributed by atoms with van der Waals surface area (Å²) in [6, 6.07) is 5.02. The number of benzene rings is 1. The molecular formula is C15H23FN2.